The Morgan fingerprint density at radius 3 is 2.42 bits per heavy atom. The Morgan fingerprint density at radius 2 is 1.95 bits per heavy atom. The summed E-state index contributed by atoms with van der Waals surface area (Å²) in [5.74, 6) is -0.402. The lowest BCUT2D eigenvalue weighted by atomic mass is 10.0. The maximum atomic E-state index is 12.1. The summed E-state index contributed by atoms with van der Waals surface area (Å²) in [6.45, 7) is 6.52. The predicted octanol–water partition coefficient (Wildman–Crippen LogP) is 1.64. The normalized spacial score (nSPS) is 10.6. The molecule has 1 heterocycles. The van der Waals surface area contributed by atoms with Gasteiger partial charge in [0.2, 0.25) is 5.91 Å². The number of hydrogen-bond donors (Lipinski definition) is 2. The predicted molar refractivity (Wildman–Crippen MR) is 74.0 cm³/mol. The monoisotopic (exact) mass is 266 g/mol. The Labute approximate surface area is 113 Å². The number of aromatic nitrogens is 2. The fourth-order valence-corrected chi connectivity index (χ4v) is 1.86. The number of rotatable bonds is 6. The molecule has 0 saturated heterocycles. The topological polar surface area (TPSA) is 76.0 Å². The van der Waals surface area contributed by atoms with E-state index in [0.717, 1.165) is 12.8 Å². The van der Waals surface area contributed by atoms with Gasteiger partial charge in [0, 0.05) is 25.7 Å². The van der Waals surface area contributed by atoms with Crippen molar-refractivity contribution in [1.82, 2.24) is 15.1 Å². The summed E-state index contributed by atoms with van der Waals surface area (Å²) < 4.78 is 1.63. The first-order valence-electron chi connectivity index (χ1n) is 6.67. The fourth-order valence-electron chi connectivity index (χ4n) is 1.86. The van der Waals surface area contributed by atoms with Crippen molar-refractivity contribution in [2.75, 3.05) is 12.4 Å². The molecule has 0 aliphatic heterocycles. The first-order chi connectivity index (χ1) is 9.07. The molecule has 106 valence electrons. The lowest BCUT2D eigenvalue weighted by Crippen LogP contribution is -2.24. The van der Waals surface area contributed by atoms with Gasteiger partial charge in [0.15, 0.2) is 5.69 Å². The molecule has 0 aliphatic carbocycles. The molecule has 0 aliphatic rings. The number of amides is 2. The zero-order valence-electron chi connectivity index (χ0n) is 12.0. The van der Waals surface area contributed by atoms with Crippen LogP contribution < -0.4 is 10.6 Å². The van der Waals surface area contributed by atoms with Gasteiger partial charge < -0.3 is 10.6 Å². The Bertz CT molecular complexity index is 449. The van der Waals surface area contributed by atoms with Crippen molar-refractivity contribution in [3.05, 3.63) is 11.9 Å². The Morgan fingerprint density at radius 1 is 1.32 bits per heavy atom. The van der Waals surface area contributed by atoms with Crippen molar-refractivity contribution >= 4 is 17.5 Å². The summed E-state index contributed by atoms with van der Waals surface area (Å²) in [5.41, 5.74) is 0.724. The van der Waals surface area contributed by atoms with Crippen molar-refractivity contribution in [3.63, 3.8) is 0 Å². The number of carbonyl (C=O) groups excluding carboxylic acids is 2. The van der Waals surface area contributed by atoms with Crippen LogP contribution in [0, 0.1) is 5.92 Å². The van der Waals surface area contributed by atoms with Gasteiger partial charge in [-0.2, -0.15) is 5.10 Å². The molecule has 0 spiro atoms. The highest BCUT2D eigenvalue weighted by atomic mass is 16.2. The number of nitrogens with one attached hydrogen (secondary N) is 2. The molecule has 1 aromatic rings. The van der Waals surface area contributed by atoms with E-state index in [1.807, 2.05) is 20.8 Å². The molecule has 0 bridgehead atoms. The van der Waals surface area contributed by atoms with Crippen molar-refractivity contribution < 1.29 is 9.59 Å². The van der Waals surface area contributed by atoms with Crippen molar-refractivity contribution in [3.8, 4) is 0 Å². The second-order valence-corrected chi connectivity index (χ2v) is 4.33. The SMILES string of the molecule is CCC(CC)C(=O)Nc1cn(CC)nc1C(=O)NC. The van der Waals surface area contributed by atoms with Crippen LogP contribution in [0.3, 0.4) is 0 Å². The highest BCUT2D eigenvalue weighted by molar-refractivity contribution is 6.02. The highest BCUT2D eigenvalue weighted by Crippen LogP contribution is 2.17. The smallest absolute Gasteiger partial charge is 0.273 e. The molecule has 6 nitrogen and oxygen atoms in total. The van der Waals surface area contributed by atoms with Crippen LogP contribution in [0.5, 0.6) is 0 Å². The molecule has 19 heavy (non-hydrogen) atoms. The van der Waals surface area contributed by atoms with Crippen LogP contribution in [-0.2, 0) is 11.3 Å². The highest BCUT2D eigenvalue weighted by Gasteiger charge is 2.20. The minimum atomic E-state index is -0.299. The average molecular weight is 266 g/mol. The molecule has 0 unspecified atom stereocenters. The lowest BCUT2D eigenvalue weighted by molar-refractivity contribution is -0.120. The Balaban J connectivity index is 2.96. The molecule has 2 N–H and O–H groups in total. The molecular formula is C13H22N4O2. The molecule has 2 amide bonds. The van der Waals surface area contributed by atoms with Crippen LogP contribution in [0.15, 0.2) is 6.20 Å². The molecule has 0 saturated carbocycles. The van der Waals surface area contributed by atoms with Crippen LogP contribution >= 0.6 is 0 Å². The van der Waals surface area contributed by atoms with Crippen LogP contribution in [0.1, 0.15) is 44.1 Å². The van der Waals surface area contributed by atoms with Crippen molar-refractivity contribution in [2.24, 2.45) is 5.92 Å². The second kappa shape index (κ2) is 6.92. The summed E-state index contributed by atoms with van der Waals surface area (Å²) in [4.78, 5) is 23.8. The van der Waals surface area contributed by atoms with E-state index < -0.39 is 0 Å². The van der Waals surface area contributed by atoms with Crippen LogP contribution in [0.4, 0.5) is 5.69 Å². The zero-order chi connectivity index (χ0) is 14.4. The van der Waals surface area contributed by atoms with Gasteiger partial charge >= 0.3 is 0 Å². The third-order valence-corrected chi connectivity index (χ3v) is 3.14. The van der Waals surface area contributed by atoms with Crippen LogP contribution in [-0.4, -0.2) is 28.6 Å². The number of carbonyl (C=O) groups is 2. The maximum Gasteiger partial charge on any atom is 0.273 e. The minimum absolute atomic E-state index is 0.0393. The summed E-state index contributed by atoms with van der Waals surface area (Å²) in [7, 11) is 1.54. The molecule has 0 atom stereocenters. The van der Waals surface area contributed by atoms with Crippen LogP contribution in [0.2, 0.25) is 0 Å². The van der Waals surface area contributed by atoms with Gasteiger partial charge in [-0.25, -0.2) is 0 Å². The molecule has 0 radical (unpaired) electrons. The average Bonchev–Trinajstić information content (AvgIpc) is 2.82. The van der Waals surface area contributed by atoms with Gasteiger partial charge in [0.1, 0.15) is 0 Å². The molecule has 0 aromatic carbocycles. The van der Waals surface area contributed by atoms with E-state index in [4.69, 9.17) is 0 Å². The standard InChI is InChI=1S/C13H22N4O2/c1-5-9(6-2)12(18)15-10-8-17(7-3)16-11(10)13(19)14-4/h8-9H,5-7H2,1-4H3,(H,14,19)(H,15,18). The van der Waals surface area contributed by atoms with Gasteiger partial charge in [0.25, 0.3) is 5.91 Å². The first kappa shape index (κ1) is 15.2. The van der Waals surface area contributed by atoms with E-state index in [0.29, 0.717) is 12.2 Å². The number of anilines is 1. The van der Waals surface area contributed by atoms with E-state index in [2.05, 4.69) is 15.7 Å². The number of hydrogen-bond acceptors (Lipinski definition) is 3. The molecular weight excluding hydrogens is 244 g/mol. The number of nitrogens with zero attached hydrogens (tertiary/aromatic N) is 2. The zero-order valence-corrected chi connectivity index (χ0v) is 12.0. The summed E-state index contributed by atoms with van der Waals surface area (Å²) in [5, 5.41) is 9.48. The molecule has 0 fully saturated rings. The van der Waals surface area contributed by atoms with E-state index in [-0.39, 0.29) is 23.4 Å². The summed E-state index contributed by atoms with van der Waals surface area (Å²) in [6.07, 6.45) is 3.24. The second-order valence-electron chi connectivity index (χ2n) is 4.33. The summed E-state index contributed by atoms with van der Waals surface area (Å²) >= 11 is 0. The fraction of sp³-hybridized carbons (Fsp3) is 0.615. The van der Waals surface area contributed by atoms with Gasteiger partial charge in [-0.1, -0.05) is 13.8 Å². The van der Waals surface area contributed by atoms with E-state index in [1.54, 1.807) is 17.9 Å². The quantitative estimate of drug-likeness (QED) is 0.821. The molecule has 6 heteroatoms. The number of aryl methyl sites for hydroxylation is 1. The lowest BCUT2D eigenvalue weighted by Gasteiger charge is -2.12. The van der Waals surface area contributed by atoms with E-state index in [1.165, 1.54) is 0 Å². The first-order valence-corrected chi connectivity index (χ1v) is 6.67. The van der Waals surface area contributed by atoms with Gasteiger partial charge in [-0.3, -0.25) is 14.3 Å². The van der Waals surface area contributed by atoms with E-state index >= 15 is 0 Å². The van der Waals surface area contributed by atoms with Crippen LogP contribution in [0.25, 0.3) is 0 Å². The molecule has 1 aromatic heterocycles. The van der Waals surface area contributed by atoms with Gasteiger partial charge in [-0.05, 0) is 19.8 Å². The van der Waals surface area contributed by atoms with Crippen molar-refractivity contribution in [2.45, 2.75) is 40.2 Å². The third-order valence-electron chi connectivity index (χ3n) is 3.14. The van der Waals surface area contributed by atoms with Gasteiger partial charge in [0.05, 0.1) is 5.69 Å². The van der Waals surface area contributed by atoms with Crippen molar-refractivity contribution in [1.29, 1.82) is 0 Å². The third kappa shape index (κ3) is 3.56. The largest absolute Gasteiger partial charge is 0.354 e. The summed E-state index contributed by atoms with van der Waals surface area (Å²) in [6, 6.07) is 0. The van der Waals surface area contributed by atoms with E-state index in [9.17, 15) is 9.59 Å². The minimum Gasteiger partial charge on any atom is -0.354 e. The van der Waals surface area contributed by atoms with Gasteiger partial charge in [-0.15, -0.1) is 0 Å². The Kier molecular flexibility index (Phi) is 5.54. The molecule has 1 rings (SSSR count). The Hall–Kier alpha value is -1.85. The maximum absolute atomic E-state index is 12.1.